The molecule has 5 rings (SSSR count). The molecule has 0 radical (unpaired) electrons. The molecule has 0 amide bonds. The van der Waals surface area contributed by atoms with Crippen LogP contribution in [0.25, 0.3) is 0 Å². The summed E-state index contributed by atoms with van der Waals surface area (Å²) in [5.74, 6) is 3.85. The molecule has 154 valence electrons. The summed E-state index contributed by atoms with van der Waals surface area (Å²) >= 11 is 0. The Hall–Kier alpha value is -0.0800. The third-order valence-electron chi connectivity index (χ3n) is 11.0. The summed E-state index contributed by atoms with van der Waals surface area (Å²) in [6.07, 6.45) is 11.5. The molecule has 5 aliphatic carbocycles. The van der Waals surface area contributed by atoms with Gasteiger partial charge in [0.25, 0.3) is 0 Å². The Morgan fingerprint density at radius 3 is 2.33 bits per heavy atom. The lowest BCUT2D eigenvalue weighted by Crippen LogP contribution is -2.84. The lowest BCUT2D eigenvalue weighted by atomic mass is 9.20. The molecule has 6 unspecified atom stereocenters. The van der Waals surface area contributed by atoms with Crippen LogP contribution in [-0.4, -0.2) is 17.0 Å². The predicted octanol–water partition coefficient (Wildman–Crippen LogP) is 6.02. The van der Waals surface area contributed by atoms with Crippen LogP contribution in [0.5, 0.6) is 0 Å². The van der Waals surface area contributed by atoms with Crippen molar-refractivity contribution in [3.8, 4) is 0 Å². The van der Waals surface area contributed by atoms with Gasteiger partial charge in [-0.3, -0.25) is 0 Å². The quantitative estimate of drug-likeness (QED) is 0.612. The topological polar surface area (TPSA) is 29.5 Å². The molecule has 2 heteroatoms. The Morgan fingerprint density at radius 2 is 1.67 bits per heavy atom. The SMILES string of the molecule is CC[C@H]1CCC2C3C(OC(C)(C)O)C4C5CCC(C)C[C@]5(C)[C@@]34CC[C@@]21C. The highest BCUT2D eigenvalue weighted by Gasteiger charge is 2.84. The standard InChI is InChI=1S/C25H42O2/c1-7-16-9-11-17-19-21(27-22(3,4)26)20-18-10-8-15(2)14-24(18,6)25(19,20)13-12-23(16,17)5/h15-21,26H,7-14H2,1-6H3/t15?,16-,17?,18?,19?,20?,21?,23+,24-,25-/m0/s1. The van der Waals surface area contributed by atoms with Gasteiger partial charge in [0.1, 0.15) is 0 Å². The minimum atomic E-state index is -0.999. The maximum Gasteiger partial charge on any atom is 0.160 e. The highest BCUT2D eigenvalue weighted by molar-refractivity contribution is 5.32. The Labute approximate surface area is 166 Å². The minimum Gasteiger partial charge on any atom is -0.366 e. The van der Waals surface area contributed by atoms with Gasteiger partial charge in [0.2, 0.25) is 0 Å². The van der Waals surface area contributed by atoms with Crippen molar-refractivity contribution >= 4 is 0 Å². The first-order chi connectivity index (χ1) is 12.6. The van der Waals surface area contributed by atoms with Crippen LogP contribution in [0, 0.1) is 51.8 Å². The normalized spacial score (nSPS) is 59.0. The summed E-state index contributed by atoms with van der Waals surface area (Å²) in [5, 5.41) is 10.6. The average Bonchev–Trinajstić information content (AvgIpc) is 2.89. The third-order valence-corrected chi connectivity index (χ3v) is 11.0. The predicted molar refractivity (Wildman–Crippen MR) is 109 cm³/mol. The van der Waals surface area contributed by atoms with E-state index in [9.17, 15) is 5.11 Å². The monoisotopic (exact) mass is 374 g/mol. The van der Waals surface area contributed by atoms with Gasteiger partial charge in [0.15, 0.2) is 5.79 Å². The van der Waals surface area contributed by atoms with Crippen LogP contribution >= 0.6 is 0 Å². The van der Waals surface area contributed by atoms with E-state index in [1.165, 1.54) is 51.4 Å². The van der Waals surface area contributed by atoms with Gasteiger partial charge in [0, 0.05) is 0 Å². The molecule has 0 aromatic heterocycles. The number of hydrogen-bond acceptors (Lipinski definition) is 2. The van der Waals surface area contributed by atoms with Gasteiger partial charge >= 0.3 is 0 Å². The fraction of sp³-hybridized carbons (Fsp3) is 1.00. The molecule has 0 aromatic carbocycles. The van der Waals surface area contributed by atoms with Crippen LogP contribution in [0.15, 0.2) is 0 Å². The van der Waals surface area contributed by atoms with E-state index >= 15 is 0 Å². The molecule has 0 bridgehead atoms. The van der Waals surface area contributed by atoms with E-state index in [0.29, 0.717) is 28.3 Å². The molecule has 2 nitrogen and oxygen atoms in total. The third kappa shape index (κ3) is 2.11. The van der Waals surface area contributed by atoms with E-state index in [0.717, 1.165) is 29.6 Å². The highest BCUT2D eigenvalue weighted by atomic mass is 16.6. The van der Waals surface area contributed by atoms with Crippen molar-refractivity contribution in [2.45, 2.75) is 105 Å². The minimum absolute atomic E-state index is 0.303. The first kappa shape index (κ1) is 18.9. The fourth-order valence-electron chi connectivity index (χ4n) is 10.2. The largest absolute Gasteiger partial charge is 0.366 e. The summed E-state index contributed by atoms with van der Waals surface area (Å²) in [4.78, 5) is 0. The van der Waals surface area contributed by atoms with E-state index < -0.39 is 5.79 Å². The van der Waals surface area contributed by atoms with Gasteiger partial charge in [-0.2, -0.15) is 0 Å². The molecule has 0 heterocycles. The molecule has 1 N–H and O–H groups in total. The van der Waals surface area contributed by atoms with Gasteiger partial charge in [-0.05, 0) is 104 Å². The van der Waals surface area contributed by atoms with E-state index in [-0.39, 0.29) is 0 Å². The van der Waals surface area contributed by atoms with Gasteiger partial charge < -0.3 is 9.84 Å². The molecule has 0 saturated heterocycles. The van der Waals surface area contributed by atoms with E-state index in [2.05, 4.69) is 27.7 Å². The van der Waals surface area contributed by atoms with Crippen molar-refractivity contribution in [2.75, 3.05) is 0 Å². The number of ether oxygens (including phenoxy) is 1. The second kappa shape index (κ2) is 5.54. The van der Waals surface area contributed by atoms with Crippen molar-refractivity contribution in [3.05, 3.63) is 0 Å². The van der Waals surface area contributed by atoms with Gasteiger partial charge in [-0.15, -0.1) is 0 Å². The first-order valence-electron chi connectivity index (χ1n) is 12.0. The van der Waals surface area contributed by atoms with Crippen molar-refractivity contribution in [1.29, 1.82) is 0 Å². The Kier molecular flexibility index (Phi) is 3.88. The fourth-order valence-corrected chi connectivity index (χ4v) is 10.2. The maximum atomic E-state index is 10.6. The molecule has 0 aliphatic heterocycles. The van der Waals surface area contributed by atoms with Crippen molar-refractivity contribution in [3.63, 3.8) is 0 Å². The Balaban J connectivity index is 1.54. The second-order valence-electron chi connectivity index (χ2n) is 12.3. The smallest absolute Gasteiger partial charge is 0.160 e. The Bertz CT molecular complexity index is 622. The number of rotatable bonds is 3. The summed E-state index contributed by atoms with van der Waals surface area (Å²) in [7, 11) is 0. The molecular formula is C25H42O2. The lowest BCUT2D eigenvalue weighted by molar-refractivity contribution is -0.431. The van der Waals surface area contributed by atoms with Gasteiger partial charge in [-0.25, -0.2) is 0 Å². The van der Waals surface area contributed by atoms with Crippen molar-refractivity contribution in [2.24, 2.45) is 51.8 Å². The van der Waals surface area contributed by atoms with Crippen LogP contribution in [-0.2, 0) is 4.74 Å². The molecule has 0 aromatic rings. The molecule has 10 atom stereocenters. The van der Waals surface area contributed by atoms with Crippen LogP contribution in [0.2, 0.25) is 0 Å². The van der Waals surface area contributed by atoms with E-state index in [1.807, 2.05) is 13.8 Å². The zero-order chi connectivity index (χ0) is 19.4. The average molecular weight is 375 g/mol. The maximum absolute atomic E-state index is 10.6. The molecule has 5 aliphatic rings. The van der Waals surface area contributed by atoms with Crippen LogP contribution in [0.4, 0.5) is 0 Å². The van der Waals surface area contributed by atoms with E-state index in [4.69, 9.17) is 4.74 Å². The van der Waals surface area contributed by atoms with Crippen LogP contribution < -0.4 is 0 Å². The zero-order valence-electron chi connectivity index (χ0n) is 18.6. The molecule has 27 heavy (non-hydrogen) atoms. The van der Waals surface area contributed by atoms with Gasteiger partial charge in [-0.1, -0.05) is 40.5 Å². The van der Waals surface area contributed by atoms with Gasteiger partial charge in [0.05, 0.1) is 6.10 Å². The molecule has 5 fully saturated rings. The van der Waals surface area contributed by atoms with Crippen molar-refractivity contribution < 1.29 is 9.84 Å². The number of fused-ring (bicyclic) bond motifs is 4. The first-order valence-corrected chi connectivity index (χ1v) is 12.0. The summed E-state index contributed by atoms with van der Waals surface area (Å²) in [6, 6.07) is 0. The highest BCUT2D eigenvalue weighted by Crippen LogP contribution is 2.87. The van der Waals surface area contributed by atoms with E-state index in [1.54, 1.807) is 0 Å². The molecular weight excluding hydrogens is 332 g/mol. The summed E-state index contributed by atoms with van der Waals surface area (Å²) in [5.41, 5.74) is 1.57. The molecule has 1 spiro atoms. The van der Waals surface area contributed by atoms with Crippen LogP contribution in [0.1, 0.15) is 92.9 Å². The van der Waals surface area contributed by atoms with Crippen molar-refractivity contribution in [1.82, 2.24) is 0 Å². The second-order valence-corrected chi connectivity index (χ2v) is 12.3. The zero-order valence-corrected chi connectivity index (χ0v) is 18.6. The van der Waals surface area contributed by atoms with Crippen LogP contribution in [0.3, 0.4) is 0 Å². The molecule has 5 saturated carbocycles. The number of hydrogen-bond donors (Lipinski definition) is 1. The summed E-state index contributed by atoms with van der Waals surface area (Å²) in [6.45, 7) is 13.9. The lowest BCUT2D eigenvalue weighted by Gasteiger charge is -2.86. The number of aliphatic hydroxyl groups is 1. The summed E-state index contributed by atoms with van der Waals surface area (Å²) < 4.78 is 6.47. The Morgan fingerprint density at radius 1 is 1.00 bits per heavy atom.